The van der Waals surface area contributed by atoms with Crippen LogP contribution in [0.4, 0.5) is 5.69 Å². The highest BCUT2D eigenvalue weighted by molar-refractivity contribution is 6.31. The molecule has 1 aromatic rings. The van der Waals surface area contributed by atoms with Crippen LogP contribution in [0.1, 0.15) is 70.9 Å². The summed E-state index contributed by atoms with van der Waals surface area (Å²) in [5.41, 5.74) is 4.24. The summed E-state index contributed by atoms with van der Waals surface area (Å²) in [6.45, 7) is 14.4. The van der Waals surface area contributed by atoms with Gasteiger partial charge in [0.05, 0.1) is 0 Å². The van der Waals surface area contributed by atoms with Crippen LogP contribution < -0.4 is 10.2 Å². The van der Waals surface area contributed by atoms with Crippen molar-refractivity contribution < 1.29 is 0 Å². The average molecular weight is 323 g/mol. The molecule has 2 rings (SSSR count). The summed E-state index contributed by atoms with van der Waals surface area (Å²) < 4.78 is 0. The number of fused-ring (bicyclic) bond motifs is 1. The number of hydrogen-bond acceptors (Lipinski definition) is 2. The summed E-state index contributed by atoms with van der Waals surface area (Å²) in [6, 6.07) is 4.54. The second-order valence-electron chi connectivity index (χ2n) is 7.21. The third kappa shape index (κ3) is 3.60. The first-order chi connectivity index (χ1) is 10.4. The smallest absolute Gasteiger partial charge is 0.0471 e. The molecule has 22 heavy (non-hydrogen) atoms. The molecule has 1 aliphatic heterocycles. The van der Waals surface area contributed by atoms with E-state index in [0.29, 0.717) is 5.92 Å². The van der Waals surface area contributed by atoms with Crippen molar-refractivity contribution in [3.05, 3.63) is 28.3 Å². The molecule has 0 spiro atoms. The molecule has 0 aliphatic carbocycles. The topological polar surface area (TPSA) is 15.3 Å². The van der Waals surface area contributed by atoms with Gasteiger partial charge in [-0.05, 0) is 56.3 Å². The van der Waals surface area contributed by atoms with Crippen molar-refractivity contribution >= 4 is 17.3 Å². The summed E-state index contributed by atoms with van der Waals surface area (Å²) in [5.74, 6) is 0.584. The van der Waals surface area contributed by atoms with Gasteiger partial charge in [0.25, 0.3) is 0 Å². The van der Waals surface area contributed by atoms with Gasteiger partial charge in [-0.1, -0.05) is 44.9 Å². The highest BCUT2D eigenvalue weighted by Crippen LogP contribution is 2.45. The zero-order valence-electron chi connectivity index (χ0n) is 14.8. The second-order valence-corrected chi connectivity index (χ2v) is 7.61. The van der Waals surface area contributed by atoms with E-state index in [1.165, 1.54) is 36.1 Å². The highest BCUT2D eigenvalue weighted by atomic mass is 35.5. The van der Waals surface area contributed by atoms with Crippen molar-refractivity contribution in [2.45, 2.75) is 71.9 Å². The molecular formula is C19H31ClN2. The standard InChI is InChI=1S/C19H31ClN2/c1-6-8-9-22-18-11-17(20)15(13-21-7-2)10-16(18)14(3)12-19(22,4)5/h10-11,14,21H,6-9,12-13H2,1-5H3. The van der Waals surface area contributed by atoms with Gasteiger partial charge in [-0.2, -0.15) is 0 Å². The molecule has 1 heterocycles. The maximum atomic E-state index is 6.57. The molecule has 1 aromatic carbocycles. The monoisotopic (exact) mass is 322 g/mol. The number of anilines is 1. The largest absolute Gasteiger partial charge is 0.366 e. The van der Waals surface area contributed by atoms with Crippen LogP contribution in [0.25, 0.3) is 0 Å². The van der Waals surface area contributed by atoms with E-state index < -0.39 is 0 Å². The van der Waals surface area contributed by atoms with Gasteiger partial charge in [-0.25, -0.2) is 0 Å². The van der Waals surface area contributed by atoms with Gasteiger partial charge in [-0.3, -0.25) is 0 Å². The van der Waals surface area contributed by atoms with Crippen molar-refractivity contribution in [3.8, 4) is 0 Å². The molecule has 0 saturated heterocycles. The molecule has 0 bridgehead atoms. The molecule has 0 aromatic heterocycles. The molecule has 1 N–H and O–H groups in total. The summed E-state index contributed by atoms with van der Waals surface area (Å²) in [6.07, 6.45) is 3.66. The van der Waals surface area contributed by atoms with E-state index in [1.807, 2.05) is 0 Å². The van der Waals surface area contributed by atoms with Crippen molar-refractivity contribution in [3.63, 3.8) is 0 Å². The maximum absolute atomic E-state index is 6.57. The molecular weight excluding hydrogens is 292 g/mol. The number of hydrogen-bond donors (Lipinski definition) is 1. The minimum Gasteiger partial charge on any atom is -0.366 e. The molecule has 1 atom stereocenters. The first-order valence-corrected chi connectivity index (χ1v) is 9.09. The Hall–Kier alpha value is -0.730. The quantitative estimate of drug-likeness (QED) is 0.760. The molecule has 124 valence electrons. The SMILES string of the molecule is CCCCN1c2cc(Cl)c(CNCC)cc2C(C)CC1(C)C. The Balaban J connectivity index is 2.41. The van der Waals surface area contributed by atoms with Crippen LogP contribution in [0.3, 0.4) is 0 Å². The Kier molecular flexibility index (Phi) is 5.79. The lowest BCUT2D eigenvalue weighted by Crippen LogP contribution is -2.48. The van der Waals surface area contributed by atoms with E-state index in [0.717, 1.165) is 24.7 Å². The second kappa shape index (κ2) is 7.23. The van der Waals surface area contributed by atoms with Gasteiger partial charge in [0, 0.05) is 29.3 Å². The third-order valence-electron chi connectivity index (χ3n) is 4.85. The molecule has 1 unspecified atom stereocenters. The number of halogens is 1. The molecule has 1 aliphatic rings. The van der Waals surface area contributed by atoms with E-state index in [4.69, 9.17) is 11.6 Å². The van der Waals surface area contributed by atoms with Crippen molar-refractivity contribution in [1.82, 2.24) is 5.32 Å². The summed E-state index contributed by atoms with van der Waals surface area (Å²) >= 11 is 6.57. The maximum Gasteiger partial charge on any atom is 0.0471 e. The van der Waals surface area contributed by atoms with Gasteiger partial charge in [0.15, 0.2) is 0 Å². The Morgan fingerprint density at radius 1 is 1.32 bits per heavy atom. The summed E-state index contributed by atoms with van der Waals surface area (Å²) in [5, 5.41) is 4.29. The first-order valence-electron chi connectivity index (χ1n) is 8.71. The van der Waals surface area contributed by atoms with Crippen LogP contribution in [0, 0.1) is 0 Å². The summed E-state index contributed by atoms with van der Waals surface area (Å²) in [7, 11) is 0. The normalized spacial score (nSPS) is 20.1. The van der Waals surface area contributed by atoms with E-state index in [2.05, 4.69) is 57.0 Å². The average Bonchev–Trinajstić information content (AvgIpc) is 2.44. The lowest BCUT2D eigenvalue weighted by atomic mass is 9.79. The first kappa shape index (κ1) is 17.6. The zero-order valence-corrected chi connectivity index (χ0v) is 15.6. The number of rotatable bonds is 6. The molecule has 0 radical (unpaired) electrons. The lowest BCUT2D eigenvalue weighted by molar-refractivity contribution is 0.373. The van der Waals surface area contributed by atoms with Crippen LogP contribution in [-0.4, -0.2) is 18.6 Å². The van der Waals surface area contributed by atoms with Crippen molar-refractivity contribution in [2.75, 3.05) is 18.0 Å². The minimum atomic E-state index is 0.202. The Bertz CT molecular complexity index is 510. The van der Waals surface area contributed by atoms with Gasteiger partial charge in [0.1, 0.15) is 0 Å². The zero-order chi connectivity index (χ0) is 16.3. The fourth-order valence-electron chi connectivity index (χ4n) is 3.69. The Morgan fingerprint density at radius 3 is 2.68 bits per heavy atom. The van der Waals surface area contributed by atoms with Crippen LogP contribution in [0.2, 0.25) is 5.02 Å². The number of benzene rings is 1. The molecule has 3 heteroatoms. The van der Waals surface area contributed by atoms with Gasteiger partial charge in [0.2, 0.25) is 0 Å². The van der Waals surface area contributed by atoms with Crippen LogP contribution in [-0.2, 0) is 6.54 Å². The number of nitrogens with one attached hydrogen (secondary N) is 1. The molecule has 0 fully saturated rings. The van der Waals surface area contributed by atoms with E-state index in [1.54, 1.807) is 0 Å². The van der Waals surface area contributed by atoms with Crippen molar-refractivity contribution in [2.24, 2.45) is 0 Å². The lowest BCUT2D eigenvalue weighted by Gasteiger charge is -2.48. The fourth-order valence-corrected chi connectivity index (χ4v) is 3.91. The molecule has 2 nitrogen and oxygen atoms in total. The minimum absolute atomic E-state index is 0.202. The van der Waals surface area contributed by atoms with E-state index in [9.17, 15) is 0 Å². The number of nitrogens with zero attached hydrogens (tertiary/aromatic N) is 1. The van der Waals surface area contributed by atoms with Crippen LogP contribution >= 0.6 is 11.6 Å². The predicted molar refractivity (Wildman–Crippen MR) is 98.2 cm³/mol. The van der Waals surface area contributed by atoms with Gasteiger partial charge in [-0.15, -0.1) is 0 Å². The van der Waals surface area contributed by atoms with Gasteiger partial charge < -0.3 is 10.2 Å². The Morgan fingerprint density at radius 2 is 2.05 bits per heavy atom. The third-order valence-corrected chi connectivity index (χ3v) is 5.21. The molecule has 0 saturated carbocycles. The Labute approximate surface area is 141 Å². The van der Waals surface area contributed by atoms with Gasteiger partial charge >= 0.3 is 0 Å². The highest BCUT2D eigenvalue weighted by Gasteiger charge is 2.36. The molecule has 0 amide bonds. The predicted octanol–water partition coefficient (Wildman–Crippen LogP) is 5.34. The van der Waals surface area contributed by atoms with Crippen LogP contribution in [0.5, 0.6) is 0 Å². The van der Waals surface area contributed by atoms with E-state index >= 15 is 0 Å². The van der Waals surface area contributed by atoms with E-state index in [-0.39, 0.29) is 5.54 Å². The van der Waals surface area contributed by atoms with Crippen LogP contribution in [0.15, 0.2) is 12.1 Å². The van der Waals surface area contributed by atoms with Crippen molar-refractivity contribution in [1.29, 1.82) is 0 Å². The summed E-state index contributed by atoms with van der Waals surface area (Å²) in [4.78, 5) is 2.58. The fraction of sp³-hybridized carbons (Fsp3) is 0.684. The number of unbranched alkanes of at least 4 members (excludes halogenated alkanes) is 1.